The monoisotopic (exact) mass is 395 g/mol. The van der Waals surface area contributed by atoms with Gasteiger partial charge in [-0.2, -0.15) is 4.57 Å². The Morgan fingerprint density at radius 1 is 1.04 bits per heavy atom. The van der Waals surface area contributed by atoms with Gasteiger partial charge in [0.25, 0.3) is 5.91 Å². The third kappa shape index (κ3) is 4.64. The number of nitrogens with one attached hydrogen (secondary N) is 1. The molecule has 144 valence electrons. The number of hydrogen-bond acceptors (Lipinski definition) is 4. The van der Waals surface area contributed by atoms with Crippen LogP contribution in [-0.2, 0) is 22.5 Å². The lowest BCUT2D eigenvalue weighted by molar-refractivity contribution is -0.684. The molecular weight excluding hydrogens is 372 g/mol. The van der Waals surface area contributed by atoms with E-state index in [2.05, 4.69) is 17.4 Å². The Labute approximate surface area is 168 Å². The van der Waals surface area contributed by atoms with Gasteiger partial charge < -0.3 is 10.1 Å². The molecule has 3 aromatic rings. The molecule has 0 aliphatic rings. The Hall–Kier alpha value is -2.99. The number of aryl methyl sites for hydroxylation is 1. The van der Waals surface area contributed by atoms with Crippen molar-refractivity contribution in [1.82, 2.24) is 0 Å². The molecule has 0 bridgehead atoms. The van der Waals surface area contributed by atoms with Crippen molar-refractivity contribution in [3.8, 4) is 0 Å². The highest BCUT2D eigenvalue weighted by Crippen LogP contribution is 2.32. The fourth-order valence-corrected chi connectivity index (χ4v) is 4.00. The van der Waals surface area contributed by atoms with E-state index in [4.69, 9.17) is 4.74 Å². The zero-order valence-electron chi connectivity index (χ0n) is 16.2. The number of thiophene rings is 1. The first-order chi connectivity index (χ1) is 13.5. The van der Waals surface area contributed by atoms with E-state index in [1.807, 2.05) is 61.1 Å². The van der Waals surface area contributed by atoms with Gasteiger partial charge in [0, 0.05) is 17.0 Å². The van der Waals surface area contributed by atoms with Gasteiger partial charge in [0.2, 0.25) is 6.54 Å². The van der Waals surface area contributed by atoms with Crippen LogP contribution in [-0.4, -0.2) is 19.0 Å². The number of methoxy groups -OCH3 is 1. The maximum atomic E-state index is 12.5. The van der Waals surface area contributed by atoms with Crippen LogP contribution in [0.5, 0.6) is 0 Å². The van der Waals surface area contributed by atoms with Gasteiger partial charge in [0.1, 0.15) is 5.00 Å². The number of nitrogens with zero attached hydrogens (tertiary/aromatic N) is 1. The number of benzene rings is 1. The number of anilines is 1. The minimum absolute atomic E-state index is 0.169. The Morgan fingerprint density at radius 2 is 1.68 bits per heavy atom. The molecule has 0 saturated heterocycles. The SMILES string of the molecule is COC(=O)c1c(NC(=O)C[n+]2ccc(Cc3ccccc3)cc2)sc(C)c1C. The summed E-state index contributed by atoms with van der Waals surface area (Å²) in [5, 5.41) is 3.38. The number of hydrogen-bond donors (Lipinski definition) is 1. The van der Waals surface area contributed by atoms with Gasteiger partial charge in [-0.15, -0.1) is 11.3 Å². The number of pyridine rings is 1. The van der Waals surface area contributed by atoms with Crippen LogP contribution in [0.2, 0.25) is 0 Å². The Kier molecular flexibility index (Phi) is 6.21. The first kappa shape index (κ1) is 19.8. The summed E-state index contributed by atoms with van der Waals surface area (Å²) >= 11 is 1.39. The van der Waals surface area contributed by atoms with Gasteiger partial charge >= 0.3 is 5.97 Å². The molecule has 0 radical (unpaired) electrons. The van der Waals surface area contributed by atoms with Crippen molar-refractivity contribution >= 4 is 28.2 Å². The molecule has 28 heavy (non-hydrogen) atoms. The zero-order valence-corrected chi connectivity index (χ0v) is 17.0. The third-order valence-corrected chi connectivity index (χ3v) is 5.69. The normalized spacial score (nSPS) is 10.5. The van der Waals surface area contributed by atoms with Crippen molar-refractivity contribution in [2.24, 2.45) is 0 Å². The van der Waals surface area contributed by atoms with Crippen LogP contribution in [0.1, 0.15) is 31.9 Å². The summed E-state index contributed by atoms with van der Waals surface area (Å²) in [6.45, 7) is 3.94. The van der Waals surface area contributed by atoms with Gasteiger partial charge in [0.05, 0.1) is 12.7 Å². The molecule has 5 nitrogen and oxygen atoms in total. The fraction of sp³-hybridized carbons (Fsp3) is 0.227. The molecule has 0 aliphatic carbocycles. The maximum Gasteiger partial charge on any atom is 0.341 e. The molecule has 0 aliphatic heterocycles. The van der Waals surface area contributed by atoms with Crippen LogP contribution in [0.4, 0.5) is 5.00 Å². The average molecular weight is 396 g/mol. The Morgan fingerprint density at radius 3 is 2.32 bits per heavy atom. The summed E-state index contributed by atoms with van der Waals surface area (Å²) in [5.74, 6) is -0.623. The lowest BCUT2D eigenvalue weighted by atomic mass is 10.1. The van der Waals surface area contributed by atoms with E-state index in [0.29, 0.717) is 10.6 Å². The lowest BCUT2D eigenvalue weighted by Gasteiger charge is -2.05. The van der Waals surface area contributed by atoms with Gasteiger partial charge in [-0.25, -0.2) is 4.79 Å². The van der Waals surface area contributed by atoms with Crippen molar-refractivity contribution in [2.45, 2.75) is 26.8 Å². The van der Waals surface area contributed by atoms with Crippen molar-refractivity contribution in [2.75, 3.05) is 12.4 Å². The van der Waals surface area contributed by atoms with Gasteiger partial charge in [-0.1, -0.05) is 30.3 Å². The van der Waals surface area contributed by atoms with Crippen LogP contribution >= 0.6 is 11.3 Å². The highest BCUT2D eigenvalue weighted by molar-refractivity contribution is 7.16. The number of esters is 1. The van der Waals surface area contributed by atoms with E-state index in [1.54, 1.807) is 0 Å². The second kappa shape index (κ2) is 8.80. The van der Waals surface area contributed by atoms with Crippen molar-refractivity contribution in [3.63, 3.8) is 0 Å². The Balaban J connectivity index is 1.66. The molecule has 1 amide bonds. The van der Waals surface area contributed by atoms with E-state index >= 15 is 0 Å². The van der Waals surface area contributed by atoms with Gasteiger partial charge in [-0.05, 0) is 37.0 Å². The number of carbonyl (C=O) groups excluding carboxylic acids is 2. The largest absolute Gasteiger partial charge is 0.465 e. The maximum absolute atomic E-state index is 12.5. The molecule has 2 heterocycles. The summed E-state index contributed by atoms with van der Waals surface area (Å²) in [6, 6.07) is 14.3. The van der Waals surface area contributed by atoms with Crippen LogP contribution in [0, 0.1) is 13.8 Å². The van der Waals surface area contributed by atoms with Crippen LogP contribution in [0.25, 0.3) is 0 Å². The molecule has 0 spiro atoms. The van der Waals surface area contributed by atoms with Crippen molar-refractivity contribution < 1.29 is 18.9 Å². The minimum Gasteiger partial charge on any atom is -0.465 e. The van der Waals surface area contributed by atoms with Crippen molar-refractivity contribution in [1.29, 1.82) is 0 Å². The number of aromatic nitrogens is 1. The van der Waals surface area contributed by atoms with E-state index in [0.717, 1.165) is 16.9 Å². The second-order valence-electron chi connectivity index (χ2n) is 6.57. The Bertz CT molecular complexity index is 979. The van der Waals surface area contributed by atoms with Crippen molar-refractivity contribution in [3.05, 3.63) is 82.0 Å². The molecule has 0 saturated carbocycles. The van der Waals surface area contributed by atoms with E-state index < -0.39 is 5.97 Å². The first-order valence-electron chi connectivity index (χ1n) is 8.98. The smallest absolute Gasteiger partial charge is 0.341 e. The fourth-order valence-electron chi connectivity index (χ4n) is 2.94. The number of rotatable bonds is 6. The molecule has 0 fully saturated rings. The lowest BCUT2D eigenvalue weighted by Crippen LogP contribution is -2.39. The van der Waals surface area contributed by atoms with E-state index in [1.165, 1.54) is 29.6 Å². The topological polar surface area (TPSA) is 59.3 Å². The number of amides is 1. The van der Waals surface area contributed by atoms with E-state index in [-0.39, 0.29) is 12.5 Å². The number of carbonyl (C=O) groups is 2. The summed E-state index contributed by atoms with van der Waals surface area (Å²) in [7, 11) is 1.34. The summed E-state index contributed by atoms with van der Waals surface area (Å²) in [6.07, 6.45) is 4.64. The molecule has 6 heteroatoms. The minimum atomic E-state index is -0.435. The summed E-state index contributed by atoms with van der Waals surface area (Å²) in [5.41, 5.74) is 3.70. The summed E-state index contributed by atoms with van der Waals surface area (Å²) in [4.78, 5) is 25.5. The summed E-state index contributed by atoms with van der Waals surface area (Å²) < 4.78 is 6.66. The molecule has 0 unspecified atom stereocenters. The van der Waals surface area contributed by atoms with Gasteiger partial charge in [0.15, 0.2) is 12.4 Å². The molecule has 1 aromatic carbocycles. The molecule has 0 atom stereocenters. The standard InChI is InChI=1S/C22H22N2O3S/c1-15-16(2)28-21(20(15)22(26)27-3)23-19(25)14-24-11-9-18(10-12-24)13-17-7-5-4-6-8-17/h4-12H,13-14H2,1-3H3/p+1. The van der Waals surface area contributed by atoms with Gasteiger partial charge in [-0.3, -0.25) is 4.79 Å². The zero-order chi connectivity index (χ0) is 20.1. The first-order valence-corrected chi connectivity index (χ1v) is 9.79. The van der Waals surface area contributed by atoms with Crippen LogP contribution in [0.15, 0.2) is 54.9 Å². The molecule has 3 rings (SSSR count). The molecule has 1 N–H and O–H groups in total. The van der Waals surface area contributed by atoms with Crippen LogP contribution < -0.4 is 9.88 Å². The van der Waals surface area contributed by atoms with E-state index in [9.17, 15) is 9.59 Å². The average Bonchev–Trinajstić information content (AvgIpc) is 2.97. The third-order valence-electron chi connectivity index (χ3n) is 4.57. The molecular formula is C22H23N2O3S+. The highest BCUT2D eigenvalue weighted by atomic mass is 32.1. The van der Waals surface area contributed by atoms with Crippen LogP contribution in [0.3, 0.4) is 0 Å². The predicted octanol–water partition coefficient (Wildman–Crippen LogP) is 3.67. The predicted molar refractivity (Wildman–Crippen MR) is 110 cm³/mol. The highest BCUT2D eigenvalue weighted by Gasteiger charge is 2.22. The number of ether oxygens (including phenoxy) is 1. The quantitative estimate of drug-likeness (QED) is 0.512. The second-order valence-corrected chi connectivity index (χ2v) is 7.79. The molecule has 2 aromatic heterocycles.